The van der Waals surface area contributed by atoms with Gasteiger partial charge in [-0.2, -0.15) is 5.10 Å². The van der Waals surface area contributed by atoms with Crippen LogP contribution in [-0.2, 0) is 0 Å². The van der Waals surface area contributed by atoms with Crippen molar-refractivity contribution in [1.29, 1.82) is 0 Å². The second-order valence-corrected chi connectivity index (χ2v) is 9.31. The predicted molar refractivity (Wildman–Crippen MR) is 136 cm³/mol. The van der Waals surface area contributed by atoms with E-state index in [0.29, 0.717) is 18.7 Å². The van der Waals surface area contributed by atoms with Crippen LogP contribution in [0, 0.1) is 0 Å². The number of carbonyl (C=O) groups is 1. The smallest absolute Gasteiger partial charge is 0.257 e. The first kappa shape index (κ1) is 20.7. The lowest BCUT2D eigenvalue weighted by molar-refractivity contribution is 0.0767. The van der Waals surface area contributed by atoms with Crippen molar-refractivity contribution in [3.05, 3.63) is 83.9 Å². The standard InChI is InChI=1S/C26H24N6OS/c33-25(20-18-32(19-8-2-1-3-9-19)29-24(20)23-12-6-17-34-23)30-13-7-14-31(16-15-30)26-27-21-10-4-5-11-22(21)28-26/h1-6,8-12,17-18H,7,13-16H2,(H,27,28). The van der Waals surface area contributed by atoms with Gasteiger partial charge in [0.25, 0.3) is 5.91 Å². The van der Waals surface area contributed by atoms with Crippen molar-refractivity contribution >= 4 is 34.2 Å². The number of anilines is 1. The monoisotopic (exact) mass is 468 g/mol. The van der Waals surface area contributed by atoms with E-state index in [1.807, 2.05) is 83.2 Å². The summed E-state index contributed by atoms with van der Waals surface area (Å²) in [5.74, 6) is 0.892. The third-order valence-electron chi connectivity index (χ3n) is 6.18. The van der Waals surface area contributed by atoms with Gasteiger partial charge in [-0.3, -0.25) is 4.79 Å². The molecule has 0 aliphatic carbocycles. The number of hydrogen-bond donors (Lipinski definition) is 1. The van der Waals surface area contributed by atoms with Crippen LogP contribution in [0.25, 0.3) is 27.3 Å². The zero-order valence-corrected chi connectivity index (χ0v) is 19.4. The maximum Gasteiger partial charge on any atom is 0.257 e. The van der Waals surface area contributed by atoms with Crippen molar-refractivity contribution in [2.45, 2.75) is 6.42 Å². The summed E-state index contributed by atoms with van der Waals surface area (Å²) in [6, 6.07) is 22.0. The van der Waals surface area contributed by atoms with Gasteiger partial charge in [0.15, 0.2) is 0 Å². The molecule has 1 amide bonds. The summed E-state index contributed by atoms with van der Waals surface area (Å²) in [5.41, 5.74) is 4.31. The minimum absolute atomic E-state index is 0.0250. The minimum Gasteiger partial charge on any atom is -0.341 e. The second kappa shape index (κ2) is 8.79. The van der Waals surface area contributed by atoms with Gasteiger partial charge in [0.1, 0.15) is 5.69 Å². The molecular weight excluding hydrogens is 444 g/mol. The van der Waals surface area contributed by atoms with E-state index in [4.69, 9.17) is 10.1 Å². The van der Waals surface area contributed by atoms with E-state index in [9.17, 15) is 4.79 Å². The lowest BCUT2D eigenvalue weighted by Gasteiger charge is -2.21. The number of amides is 1. The van der Waals surface area contributed by atoms with E-state index < -0.39 is 0 Å². The second-order valence-electron chi connectivity index (χ2n) is 8.36. The van der Waals surface area contributed by atoms with E-state index in [2.05, 4.69) is 9.88 Å². The molecule has 0 spiro atoms. The number of rotatable bonds is 4. The number of fused-ring (bicyclic) bond motifs is 1. The predicted octanol–water partition coefficient (Wildman–Crippen LogP) is 4.83. The van der Waals surface area contributed by atoms with E-state index in [1.54, 1.807) is 16.0 Å². The lowest BCUT2D eigenvalue weighted by atomic mass is 10.2. The molecule has 7 nitrogen and oxygen atoms in total. The van der Waals surface area contributed by atoms with Gasteiger partial charge in [0, 0.05) is 32.4 Å². The highest BCUT2D eigenvalue weighted by Gasteiger charge is 2.26. The van der Waals surface area contributed by atoms with Gasteiger partial charge in [-0.15, -0.1) is 11.3 Å². The van der Waals surface area contributed by atoms with Gasteiger partial charge >= 0.3 is 0 Å². The highest BCUT2D eigenvalue weighted by atomic mass is 32.1. The molecule has 170 valence electrons. The van der Waals surface area contributed by atoms with E-state index in [0.717, 1.165) is 52.8 Å². The Morgan fingerprint density at radius 2 is 1.76 bits per heavy atom. The Balaban J connectivity index is 1.27. The molecule has 3 aromatic heterocycles. The van der Waals surface area contributed by atoms with Crippen molar-refractivity contribution in [2.24, 2.45) is 0 Å². The summed E-state index contributed by atoms with van der Waals surface area (Å²) in [4.78, 5) is 27.1. The summed E-state index contributed by atoms with van der Waals surface area (Å²) in [6.45, 7) is 2.92. The van der Waals surface area contributed by atoms with E-state index in [-0.39, 0.29) is 5.91 Å². The molecule has 1 aliphatic rings. The van der Waals surface area contributed by atoms with Gasteiger partial charge in [-0.1, -0.05) is 36.4 Å². The first-order chi connectivity index (χ1) is 16.8. The summed E-state index contributed by atoms with van der Waals surface area (Å²) in [6.07, 6.45) is 2.75. The van der Waals surface area contributed by atoms with Crippen LogP contribution >= 0.6 is 11.3 Å². The fraction of sp³-hybridized carbons (Fsp3) is 0.192. The van der Waals surface area contributed by atoms with Crippen LogP contribution in [0.5, 0.6) is 0 Å². The van der Waals surface area contributed by atoms with Crippen molar-refractivity contribution in [1.82, 2.24) is 24.6 Å². The number of carbonyl (C=O) groups excluding carboxylic acids is 1. The quantitative estimate of drug-likeness (QED) is 0.410. The summed E-state index contributed by atoms with van der Waals surface area (Å²) in [5, 5.41) is 6.82. The fourth-order valence-electron chi connectivity index (χ4n) is 4.43. The van der Waals surface area contributed by atoms with Gasteiger partial charge < -0.3 is 14.8 Å². The normalized spacial score (nSPS) is 14.5. The van der Waals surface area contributed by atoms with Crippen LogP contribution < -0.4 is 4.90 Å². The molecule has 0 bridgehead atoms. The molecule has 0 unspecified atom stereocenters. The topological polar surface area (TPSA) is 70.1 Å². The van der Waals surface area contributed by atoms with Crippen molar-refractivity contribution in [2.75, 3.05) is 31.1 Å². The average molecular weight is 469 g/mol. The largest absolute Gasteiger partial charge is 0.341 e. The number of nitrogens with zero attached hydrogens (tertiary/aromatic N) is 5. The van der Waals surface area contributed by atoms with Gasteiger partial charge in [0.2, 0.25) is 5.95 Å². The minimum atomic E-state index is 0.0250. The highest BCUT2D eigenvalue weighted by molar-refractivity contribution is 7.13. The van der Waals surface area contributed by atoms with Crippen LogP contribution in [0.4, 0.5) is 5.95 Å². The number of nitrogens with one attached hydrogen (secondary N) is 1. The fourth-order valence-corrected chi connectivity index (χ4v) is 5.15. The lowest BCUT2D eigenvalue weighted by Crippen LogP contribution is -2.35. The average Bonchev–Trinajstić information content (AvgIpc) is 3.61. The molecule has 0 radical (unpaired) electrons. The Morgan fingerprint density at radius 3 is 2.59 bits per heavy atom. The summed E-state index contributed by atoms with van der Waals surface area (Å²) >= 11 is 1.60. The third-order valence-corrected chi connectivity index (χ3v) is 7.06. The Labute approximate surface area is 201 Å². The molecule has 0 saturated carbocycles. The molecule has 34 heavy (non-hydrogen) atoms. The Morgan fingerprint density at radius 1 is 0.912 bits per heavy atom. The van der Waals surface area contributed by atoms with Crippen molar-refractivity contribution in [3.8, 4) is 16.3 Å². The number of aromatic nitrogens is 4. The molecule has 2 aromatic carbocycles. The maximum absolute atomic E-state index is 13.7. The van der Waals surface area contributed by atoms with Gasteiger partial charge in [-0.05, 0) is 42.1 Å². The molecule has 6 rings (SSSR count). The molecule has 0 atom stereocenters. The first-order valence-electron chi connectivity index (χ1n) is 11.4. The first-order valence-corrected chi connectivity index (χ1v) is 12.3. The Bertz CT molecular complexity index is 1390. The zero-order valence-electron chi connectivity index (χ0n) is 18.6. The molecule has 1 fully saturated rings. The SMILES string of the molecule is O=C(c1cn(-c2ccccc2)nc1-c1cccs1)N1CCCN(c2nc3ccccc3[nH]2)CC1. The number of benzene rings is 2. The number of para-hydroxylation sites is 3. The van der Waals surface area contributed by atoms with Crippen molar-refractivity contribution < 1.29 is 4.79 Å². The summed E-state index contributed by atoms with van der Waals surface area (Å²) < 4.78 is 1.81. The number of aromatic amines is 1. The van der Waals surface area contributed by atoms with Crippen LogP contribution in [0.1, 0.15) is 16.8 Å². The van der Waals surface area contributed by atoms with Crippen LogP contribution in [0.15, 0.2) is 78.3 Å². The molecule has 1 N–H and O–H groups in total. The van der Waals surface area contributed by atoms with Crippen LogP contribution in [-0.4, -0.2) is 56.7 Å². The van der Waals surface area contributed by atoms with Crippen molar-refractivity contribution in [3.63, 3.8) is 0 Å². The Hall–Kier alpha value is -3.91. The molecule has 4 heterocycles. The Kier molecular flexibility index (Phi) is 5.35. The molecular formula is C26H24N6OS. The molecule has 1 aliphatic heterocycles. The third kappa shape index (κ3) is 3.86. The number of hydrogen-bond acceptors (Lipinski definition) is 5. The van der Waals surface area contributed by atoms with Gasteiger partial charge in [0.05, 0.1) is 27.2 Å². The number of thiophene rings is 1. The van der Waals surface area contributed by atoms with Crippen LogP contribution in [0.2, 0.25) is 0 Å². The van der Waals surface area contributed by atoms with E-state index >= 15 is 0 Å². The highest BCUT2D eigenvalue weighted by Crippen LogP contribution is 2.29. The maximum atomic E-state index is 13.7. The molecule has 8 heteroatoms. The molecule has 1 saturated heterocycles. The number of imidazole rings is 1. The van der Waals surface area contributed by atoms with E-state index in [1.165, 1.54) is 0 Å². The zero-order chi connectivity index (χ0) is 22.9. The number of H-pyrrole nitrogens is 1. The molecule has 5 aromatic rings. The van der Waals surface area contributed by atoms with Gasteiger partial charge in [-0.25, -0.2) is 9.67 Å². The summed E-state index contributed by atoms with van der Waals surface area (Å²) in [7, 11) is 0. The van der Waals surface area contributed by atoms with Crippen LogP contribution in [0.3, 0.4) is 0 Å².